The second-order valence-corrected chi connectivity index (χ2v) is 4.36. The van der Waals surface area contributed by atoms with Gasteiger partial charge in [0.15, 0.2) is 0 Å². The fourth-order valence-corrected chi connectivity index (χ4v) is 1.63. The molecule has 6 heteroatoms. The number of amides is 1. The predicted octanol–water partition coefficient (Wildman–Crippen LogP) is 3.71. The van der Waals surface area contributed by atoms with Crippen molar-refractivity contribution in [3.8, 4) is 0 Å². The molecule has 17 heavy (non-hydrogen) atoms. The summed E-state index contributed by atoms with van der Waals surface area (Å²) in [5.41, 5.74) is -0.814. The third-order valence-electron chi connectivity index (χ3n) is 2.49. The molecule has 0 heterocycles. The van der Waals surface area contributed by atoms with Gasteiger partial charge in [0, 0.05) is 11.6 Å². The van der Waals surface area contributed by atoms with Crippen molar-refractivity contribution in [3.63, 3.8) is 0 Å². The number of alkyl halides is 3. The van der Waals surface area contributed by atoms with Crippen molar-refractivity contribution in [1.82, 2.24) is 0 Å². The van der Waals surface area contributed by atoms with E-state index in [2.05, 4.69) is 5.32 Å². The number of carbonyl (C=O) groups excluding carboxylic acids is 1. The van der Waals surface area contributed by atoms with Gasteiger partial charge >= 0.3 is 6.18 Å². The highest BCUT2D eigenvalue weighted by Crippen LogP contribution is 2.37. The maximum absolute atomic E-state index is 12.5. The maximum Gasteiger partial charge on any atom is 0.417 e. The van der Waals surface area contributed by atoms with Gasteiger partial charge in [0.05, 0.1) is 10.6 Å². The van der Waals surface area contributed by atoms with Crippen LogP contribution in [0.15, 0.2) is 18.2 Å². The number of carbonyl (C=O) groups is 1. The van der Waals surface area contributed by atoms with Crippen LogP contribution in [-0.2, 0) is 11.0 Å². The summed E-state index contributed by atoms with van der Waals surface area (Å²) >= 11 is 5.46. The molecule has 1 aliphatic carbocycles. The molecule has 1 aromatic carbocycles. The van der Waals surface area contributed by atoms with Crippen LogP contribution in [0.25, 0.3) is 0 Å². The molecule has 0 aliphatic heterocycles. The van der Waals surface area contributed by atoms with Crippen LogP contribution < -0.4 is 5.32 Å². The molecule has 0 aromatic heterocycles. The average molecular weight is 264 g/mol. The van der Waals surface area contributed by atoms with Gasteiger partial charge in [0.25, 0.3) is 0 Å². The van der Waals surface area contributed by atoms with Gasteiger partial charge in [-0.3, -0.25) is 4.79 Å². The van der Waals surface area contributed by atoms with E-state index >= 15 is 0 Å². The summed E-state index contributed by atoms with van der Waals surface area (Å²) in [6.07, 6.45) is -2.92. The molecule has 0 unspecified atom stereocenters. The van der Waals surface area contributed by atoms with Crippen LogP contribution in [0.3, 0.4) is 0 Å². The lowest BCUT2D eigenvalue weighted by atomic mass is 10.2. The monoisotopic (exact) mass is 263 g/mol. The Morgan fingerprint density at radius 1 is 1.35 bits per heavy atom. The van der Waals surface area contributed by atoms with E-state index in [0.717, 1.165) is 25.0 Å². The lowest BCUT2D eigenvalue weighted by Crippen LogP contribution is -2.14. The van der Waals surface area contributed by atoms with Gasteiger partial charge in [0.2, 0.25) is 5.91 Å². The number of benzene rings is 1. The molecule has 92 valence electrons. The molecule has 2 rings (SSSR count). The van der Waals surface area contributed by atoms with Crippen molar-refractivity contribution in [1.29, 1.82) is 0 Å². The van der Waals surface area contributed by atoms with Crippen molar-refractivity contribution in [2.24, 2.45) is 5.92 Å². The molecule has 1 aromatic rings. The molecule has 1 saturated carbocycles. The first-order valence-corrected chi connectivity index (χ1v) is 5.43. The van der Waals surface area contributed by atoms with Crippen molar-refractivity contribution in [2.75, 3.05) is 5.32 Å². The van der Waals surface area contributed by atoms with Gasteiger partial charge < -0.3 is 5.32 Å². The Morgan fingerprint density at radius 3 is 2.53 bits per heavy atom. The van der Waals surface area contributed by atoms with Crippen LogP contribution in [0, 0.1) is 5.92 Å². The first-order valence-electron chi connectivity index (χ1n) is 5.05. The van der Waals surface area contributed by atoms with Crippen LogP contribution >= 0.6 is 11.6 Å². The fourth-order valence-electron chi connectivity index (χ4n) is 1.41. The zero-order chi connectivity index (χ0) is 12.6. The van der Waals surface area contributed by atoms with Crippen molar-refractivity contribution in [2.45, 2.75) is 19.0 Å². The van der Waals surface area contributed by atoms with Crippen LogP contribution in [-0.4, -0.2) is 5.91 Å². The van der Waals surface area contributed by atoms with Crippen LogP contribution in [0.2, 0.25) is 5.02 Å². The topological polar surface area (TPSA) is 29.1 Å². The average Bonchev–Trinajstić information content (AvgIpc) is 3.02. The Morgan fingerprint density at radius 2 is 2.00 bits per heavy atom. The van der Waals surface area contributed by atoms with E-state index in [9.17, 15) is 18.0 Å². The molecule has 1 amide bonds. The zero-order valence-corrected chi connectivity index (χ0v) is 9.40. The van der Waals surface area contributed by atoms with Gasteiger partial charge in [-0.15, -0.1) is 0 Å². The molecule has 1 N–H and O–H groups in total. The SMILES string of the molecule is O=C(Nc1ccc(Cl)c(C(F)(F)F)c1)C1CC1. The normalized spacial score (nSPS) is 15.8. The van der Waals surface area contributed by atoms with E-state index < -0.39 is 11.7 Å². The van der Waals surface area contributed by atoms with E-state index in [1.165, 1.54) is 6.07 Å². The van der Waals surface area contributed by atoms with E-state index in [-0.39, 0.29) is 22.5 Å². The van der Waals surface area contributed by atoms with Crippen LogP contribution in [0.5, 0.6) is 0 Å². The highest BCUT2D eigenvalue weighted by Gasteiger charge is 2.34. The minimum Gasteiger partial charge on any atom is -0.326 e. The highest BCUT2D eigenvalue weighted by atomic mass is 35.5. The van der Waals surface area contributed by atoms with E-state index in [1.807, 2.05) is 0 Å². The van der Waals surface area contributed by atoms with Gasteiger partial charge in [-0.1, -0.05) is 11.6 Å². The Hall–Kier alpha value is -1.23. The molecule has 0 atom stereocenters. The molecule has 1 fully saturated rings. The standard InChI is InChI=1S/C11H9ClF3NO/c12-9-4-3-7(5-8(9)11(13,14)15)16-10(17)6-1-2-6/h3-6H,1-2H2,(H,16,17). The van der Waals surface area contributed by atoms with E-state index in [4.69, 9.17) is 11.6 Å². The van der Waals surface area contributed by atoms with Gasteiger partial charge in [-0.2, -0.15) is 13.2 Å². The van der Waals surface area contributed by atoms with Gasteiger partial charge in [0.1, 0.15) is 0 Å². The maximum atomic E-state index is 12.5. The predicted molar refractivity (Wildman–Crippen MR) is 57.8 cm³/mol. The quantitative estimate of drug-likeness (QED) is 0.866. The number of nitrogens with one attached hydrogen (secondary N) is 1. The molecular weight excluding hydrogens is 255 g/mol. The number of hydrogen-bond donors (Lipinski definition) is 1. The van der Waals surface area contributed by atoms with Crippen molar-refractivity contribution in [3.05, 3.63) is 28.8 Å². The minimum atomic E-state index is -4.52. The fraction of sp³-hybridized carbons (Fsp3) is 0.364. The van der Waals surface area contributed by atoms with Gasteiger partial charge in [-0.05, 0) is 31.0 Å². The third kappa shape index (κ3) is 2.91. The lowest BCUT2D eigenvalue weighted by molar-refractivity contribution is -0.137. The summed E-state index contributed by atoms with van der Waals surface area (Å²) < 4.78 is 37.6. The van der Waals surface area contributed by atoms with Crippen molar-refractivity contribution >= 4 is 23.2 Å². The number of rotatable bonds is 2. The summed E-state index contributed by atoms with van der Waals surface area (Å²) in [5.74, 6) is -0.291. The molecule has 2 nitrogen and oxygen atoms in total. The summed E-state index contributed by atoms with van der Waals surface area (Å²) in [6, 6.07) is 3.34. The Kier molecular flexibility index (Phi) is 3.03. The molecule has 1 aliphatic rings. The lowest BCUT2D eigenvalue weighted by Gasteiger charge is -2.11. The number of halogens is 4. The highest BCUT2D eigenvalue weighted by molar-refractivity contribution is 6.31. The first-order chi connectivity index (χ1) is 7.88. The van der Waals surface area contributed by atoms with Crippen molar-refractivity contribution < 1.29 is 18.0 Å². The Labute approximate surface area is 101 Å². The number of anilines is 1. The largest absolute Gasteiger partial charge is 0.417 e. The first kappa shape index (κ1) is 12.2. The Balaban J connectivity index is 2.21. The third-order valence-corrected chi connectivity index (χ3v) is 2.82. The minimum absolute atomic E-state index is 0.0555. The summed E-state index contributed by atoms with van der Waals surface area (Å²) in [7, 11) is 0. The molecule has 0 spiro atoms. The van der Waals surface area contributed by atoms with Crippen LogP contribution in [0.1, 0.15) is 18.4 Å². The van der Waals surface area contributed by atoms with Crippen LogP contribution in [0.4, 0.5) is 18.9 Å². The summed E-state index contributed by atoms with van der Waals surface area (Å²) in [5, 5.41) is 2.07. The smallest absolute Gasteiger partial charge is 0.326 e. The molecule has 0 saturated heterocycles. The number of hydrogen-bond acceptors (Lipinski definition) is 1. The molecule has 0 radical (unpaired) electrons. The van der Waals surface area contributed by atoms with E-state index in [1.54, 1.807) is 0 Å². The van der Waals surface area contributed by atoms with Gasteiger partial charge in [-0.25, -0.2) is 0 Å². The Bertz CT molecular complexity index is 455. The molecule has 0 bridgehead atoms. The summed E-state index contributed by atoms with van der Waals surface area (Å²) in [4.78, 5) is 11.4. The molecular formula is C11H9ClF3NO. The summed E-state index contributed by atoms with van der Waals surface area (Å²) in [6.45, 7) is 0. The second-order valence-electron chi connectivity index (χ2n) is 3.96. The van der Waals surface area contributed by atoms with E-state index in [0.29, 0.717) is 0 Å². The zero-order valence-electron chi connectivity index (χ0n) is 8.64. The second kappa shape index (κ2) is 4.22.